The smallest absolute Gasteiger partial charge is 0.273 e. The van der Waals surface area contributed by atoms with E-state index in [1.807, 2.05) is 13.8 Å². The van der Waals surface area contributed by atoms with Crippen molar-refractivity contribution in [2.24, 2.45) is 5.92 Å². The summed E-state index contributed by atoms with van der Waals surface area (Å²) in [6.45, 7) is 3.91. The summed E-state index contributed by atoms with van der Waals surface area (Å²) in [7, 11) is 0. The molecule has 0 aliphatic heterocycles. The van der Waals surface area contributed by atoms with Gasteiger partial charge in [-0.1, -0.05) is 36.4 Å². The van der Waals surface area contributed by atoms with Crippen LogP contribution in [0.4, 0.5) is 10.1 Å². The molecule has 104 valence electrons. The molecule has 1 unspecified atom stereocenters. The third kappa shape index (κ3) is 4.41. The molecule has 1 amide bonds. The van der Waals surface area contributed by atoms with Gasteiger partial charge in [-0.15, -0.1) is 0 Å². The van der Waals surface area contributed by atoms with Gasteiger partial charge in [-0.3, -0.25) is 14.9 Å². The minimum atomic E-state index is -0.796. The molecule has 1 aromatic carbocycles. The highest BCUT2D eigenvalue weighted by Crippen LogP contribution is 2.17. The molecular weight excluding hydrogens is 366 g/mol. The van der Waals surface area contributed by atoms with Crippen molar-refractivity contribution in [3.8, 4) is 0 Å². The van der Waals surface area contributed by atoms with E-state index < -0.39 is 22.3 Å². The van der Waals surface area contributed by atoms with Crippen LogP contribution in [0.1, 0.15) is 24.2 Å². The van der Waals surface area contributed by atoms with Crippen molar-refractivity contribution in [3.63, 3.8) is 0 Å². The Morgan fingerprint density at radius 2 is 2.11 bits per heavy atom. The lowest BCUT2D eigenvalue weighted by molar-refractivity contribution is -0.385. The summed E-state index contributed by atoms with van der Waals surface area (Å²) in [5, 5.41) is 13.4. The molecule has 1 rings (SSSR count). The SMILES string of the molecule is CC(C)C(CI)NC(=O)c1cc(F)cc([N+](=O)[O-])c1. The molecule has 7 heteroatoms. The molecule has 0 heterocycles. The van der Waals surface area contributed by atoms with Crippen LogP contribution >= 0.6 is 22.6 Å². The van der Waals surface area contributed by atoms with Gasteiger partial charge < -0.3 is 5.32 Å². The molecule has 0 bridgehead atoms. The van der Waals surface area contributed by atoms with E-state index in [4.69, 9.17) is 0 Å². The van der Waals surface area contributed by atoms with Crippen molar-refractivity contribution >= 4 is 34.2 Å². The second-order valence-corrected chi connectivity index (χ2v) is 5.31. The van der Waals surface area contributed by atoms with Crippen molar-refractivity contribution in [2.45, 2.75) is 19.9 Å². The van der Waals surface area contributed by atoms with E-state index in [1.54, 1.807) is 0 Å². The molecule has 0 saturated heterocycles. The molecule has 0 radical (unpaired) electrons. The van der Waals surface area contributed by atoms with Gasteiger partial charge in [-0.05, 0) is 12.0 Å². The third-order valence-electron chi connectivity index (χ3n) is 2.64. The van der Waals surface area contributed by atoms with Crippen molar-refractivity contribution in [2.75, 3.05) is 4.43 Å². The maximum Gasteiger partial charge on any atom is 0.273 e. The number of carbonyl (C=O) groups excluding carboxylic acids is 1. The van der Waals surface area contributed by atoms with Gasteiger partial charge in [0, 0.05) is 22.1 Å². The molecule has 0 aromatic heterocycles. The van der Waals surface area contributed by atoms with Gasteiger partial charge in [0.2, 0.25) is 0 Å². The van der Waals surface area contributed by atoms with Crippen LogP contribution in [0.3, 0.4) is 0 Å². The lowest BCUT2D eigenvalue weighted by Crippen LogP contribution is -2.39. The zero-order valence-corrected chi connectivity index (χ0v) is 12.7. The molecule has 0 fully saturated rings. The first kappa shape index (κ1) is 15.8. The number of hydrogen-bond donors (Lipinski definition) is 1. The first-order valence-corrected chi connectivity index (χ1v) is 7.19. The second kappa shape index (κ2) is 6.78. The number of nitrogens with one attached hydrogen (secondary N) is 1. The van der Waals surface area contributed by atoms with Crippen molar-refractivity contribution in [1.29, 1.82) is 0 Å². The largest absolute Gasteiger partial charge is 0.348 e. The molecule has 0 aliphatic rings. The highest BCUT2D eigenvalue weighted by atomic mass is 127. The van der Waals surface area contributed by atoms with Crippen LogP contribution in [0.15, 0.2) is 18.2 Å². The molecule has 1 N–H and O–H groups in total. The van der Waals surface area contributed by atoms with Crippen LogP contribution in [-0.4, -0.2) is 21.3 Å². The molecule has 5 nitrogen and oxygen atoms in total. The summed E-state index contributed by atoms with van der Waals surface area (Å²) in [5.74, 6) is -1.07. The lowest BCUT2D eigenvalue weighted by Gasteiger charge is -2.19. The minimum Gasteiger partial charge on any atom is -0.348 e. The summed E-state index contributed by atoms with van der Waals surface area (Å²) < 4.78 is 13.9. The summed E-state index contributed by atoms with van der Waals surface area (Å²) in [4.78, 5) is 21.8. The Balaban J connectivity index is 2.96. The first-order chi connectivity index (χ1) is 8.85. The number of carbonyl (C=O) groups is 1. The fourth-order valence-corrected chi connectivity index (χ4v) is 2.68. The van der Waals surface area contributed by atoms with Gasteiger partial charge in [0.25, 0.3) is 11.6 Å². The van der Waals surface area contributed by atoms with Crippen molar-refractivity contribution in [1.82, 2.24) is 5.32 Å². The van der Waals surface area contributed by atoms with E-state index in [0.29, 0.717) is 4.43 Å². The number of rotatable bonds is 5. The number of hydrogen-bond acceptors (Lipinski definition) is 3. The number of nitro groups is 1. The van der Waals surface area contributed by atoms with Gasteiger partial charge >= 0.3 is 0 Å². The molecule has 1 aromatic rings. The maximum absolute atomic E-state index is 13.2. The van der Waals surface area contributed by atoms with Crippen LogP contribution in [0.2, 0.25) is 0 Å². The molecule has 0 spiro atoms. The first-order valence-electron chi connectivity index (χ1n) is 5.67. The normalized spacial score (nSPS) is 12.3. The minimum absolute atomic E-state index is 0.0396. The predicted molar refractivity (Wildman–Crippen MR) is 78.0 cm³/mol. The van der Waals surface area contributed by atoms with Crippen LogP contribution in [0.25, 0.3) is 0 Å². The van der Waals surface area contributed by atoms with Crippen LogP contribution < -0.4 is 5.32 Å². The number of amides is 1. The van der Waals surface area contributed by atoms with Gasteiger partial charge in [0.05, 0.1) is 11.0 Å². The highest BCUT2D eigenvalue weighted by Gasteiger charge is 2.19. The zero-order chi connectivity index (χ0) is 14.6. The fraction of sp³-hybridized carbons (Fsp3) is 0.417. The number of benzene rings is 1. The standard InChI is InChI=1S/C12H14FIN2O3/c1-7(2)11(6-14)15-12(17)8-3-9(13)5-10(4-8)16(18)19/h3-5,7,11H,6H2,1-2H3,(H,15,17). The lowest BCUT2D eigenvalue weighted by atomic mass is 10.1. The summed E-state index contributed by atoms with van der Waals surface area (Å²) in [5.41, 5.74) is -0.470. The summed E-state index contributed by atoms with van der Waals surface area (Å²) >= 11 is 2.14. The summed E-state index contributed by atoms with van der Waals surface area (Å²) in [6, 6.07) is 2.79. The molecule has 0 saturated carbocycles. The van der Waals surface area contributed by atoms with Gasteiger partial charge in [-0.25, -0.2) is 4.39 Å². The number of nitrogens with zero attached hydrogens (tertiary/aromatic N) is 1. The number of alkyl halides is 1. The van der Waals surface area contributed by atoms with Gasteiger partial charge in [0.1, 0.15) is 5.82 Å². The molecule has 0 aliphatic carbocycles. The van der Waals surface area contributed by atoms with E-state index in [9.17, 15) is 19.3 Å². The monoisotopic (exact) mass is 380 g/mol. The van der Waals surface area contributed by atoms with Gasteiger partial charge in [-0.2, -0.15) is 0 Å². The second-order valence-electron chi connectivity index (χ2n) is 4.43. The van der Waals surface area contributed by atoms with E-state index in [0.717, 1.165) is 18.2 Å². The Labute approximate surface area is 123 Å². The van der Waals surface area contributed by atoms with E-state index >= 15 is 0 Å². The predicted octanol–water partition coefficient (Wildman–Crippen LogP) is 2.92. The average molecular weight is 380 g/mol. The number of nitro benzene ring substituents is 1. The quantitative estimate of drug-likeness (QED) is 0.370. The fourth-order valence-electron chi connectivity index (χ4n) is 1.45. The number of non-ortho nitro benzene ring substituents is 1. The highest BCUT2D eigenvalue weighted by molar-refractivity contribution is 14.1. The molecule has 1 atom stereocenters. The van der Waals surface area contributed by atoms with E-state index in [1.165, 1.54) is 0 Å². The van der Waals surface area contributed by atoms with Crippen molar-refractivity contribution in [3.05, 3.63) is 39.7 Å². The number of halogens is 2. The molecular formula is C12H14FIN2O3. The Bertz CT molecular complexity index is 494. The van der Waals surface area contributed by atoms with Crippen LogP contribution in [0, 0.1) is 21.8 Å². The topological polar surface area (TPSA) is 72.2 Å². The van der Waals surface area contributed by atoms with Crippen molar-refractivity contribution < 1.29 is 14.1 Å². The average Bonchev–Trinajstić information content (AvgIpc) is 2.34. The zero-order valence-electron chi connectivity index (χ0n) is 10.5. The van der Waals surface area contributed by atoms with Gasteiger partial charge in [0.15, 0.2) is 0 Å². The molecule has 19 heavy (non-hydrogen) atoms. The third-order valence-corrected chi connectivity index (χ3v) is 3.59. The van der Waals surface area contributed by atoms with E-state index in [2.05, 4.69) is 27.9 Å². The summed E-state index contributed by atoms with van der Waals surface area (Å²) in [6.07, 6.45) is 0. The van der Waals surface area contributed by atoms with Crippen LogP contribution in [0.5, 0.6) is 0 Å². The van der Waals surface area contributed by atoms with Crippen LogP contribution in [-0.2, 0) is 0 Å². The Hall–Kier alpha value is -1.25. The Morgan fingerprint density at radius 3 is 2.58 bits per heavy atom. The Morgan fingerprint density at radius 1 is 1.47 bits per heavy atom. The maximum atomic E-state index is 13.2. The van der Waals surface area contributed by atoms with E-state index in [-0.39, 0.29) is 17.5 Å². The Kier molecular flexibility index (Phi) is 5.64.